The number of aromatic nitrogens is 2. The van der Waals surface area contributed by atoms with Crippen LogP contribution in [0.25, 0.3) is 11.1 Å². The number of hydrogen-bond donors (Lipinski definition) is 0. The topological polar surface area (TPSA) is 47.4 Å². The van der Waals surface area contributed by atoms with Crippen LogP contribution in [0, 0.1) is 17.6 Å². The molecule has 3 aromatic rings. The zero-order chi connectivity index (χ0) is 21.1. The van der Waals surface area contributed by atoms with Crippen LogP contribution in [-0.2, 0) is 0 Å². The molecule has 0 fully saturated rings. The quantitative estimate of drug-likeness (QED) is 0.520. The molecule has 0 bridgehead atoms. The van der Waals surface area contributed by atoms with Gasteiger partial charge in [0.25, 0.3) is 0 Å². The van der Waals surface area contributed by atoms with Gasteiger partial charge in [0.2, 0.25) is 0 Å². The van der Waals surface area contributed by atoms with Crippen molar-refractivity contribution >= 4 is 5.71 Å². The molecule has 6 heteroatoms. The Morgan fingerprint density at radius 3 is 2.27 bits per heavy atom. The van der Waals surface area contributed by atoms with Crippen molar-refractivity contribution in [3.63, 3.8) is 0 Å². The van der Waals surface area contributed by atoms with Gasteiger partial charge in [-0.1, -0.05) is 44.2 Å². The fourth-order valence-electron chi connectivity index (χ4n) is 3.47. The molecule has 0 N–H and O–H groups in total. The van der Waals surface area contributed by atoms with Gasteiger partial charge in [0, 0.05) is 23.7 Å². The van der Waals surface area contributed by atoms with Crippen LogP contribution in [0.5, 0.6) is 6.01 Å². The Morgan fingerprint density at radius 2 is 1.63 bits per heavy atom. The fourth-order valence-corrected chi connectivity index (χ4v) is 3.47. The second-order valence-corrected chi connectivity index (χ2v) is 7.81. The van der Waals surface area contributed by atoms with Crippen LogP contribution in [0.3, 0.4) is 0 Å². The summed E-state index contributed by atoms with van der Waals surface area (Å²) in [5.41, 5.74) is 3.38. The molecule has 0 spiro atoms. The fraction of sp³-hybridized carbons (Fsp3) is 0.292. The molecule has 1 aliphatic rings. The maximum absolute atomic E-state index is 14.0. The SMILES string of the molecule is CC(C)COc1ncc(-c2ccc(C3CCC(c4c(F)cccc4F)=N3)cc2)cn1. The Bertz CT molecular complexity index is 1030. The molecule has 30 heavy (non-hydrogen) atoms. The molecule has 0 saturated carbocycles. The van der Waals surface area contributed by atoms with Crippen molar-refractivity contribution in [3.8, 4) is 17.1 Å². The van der Waals surface area contributed by atoms with E-state index in [2.05, 4.69) is 28.8 Å². The number of aliphatic imine (C=N–C) groups is 1. The molecular formula is C24H23F2N3O. The smallest absolute Gasteiger partial charge is 0.316 e. The largest absolute Gasteiger partial charge is 0.463 e. The molecule has 1 aromatic heterocycles. The highest BCUT2D eigenvalue weighted by atomic mass is 19.1. The average molecular weight is 407 g/mol. The van der Waals surface area contributed by atoms with Crippen LogP contribution in [0.4, 0.5) is 8.78 Å². The molecule has 0 saturated heterocycles. The molecule has 1 aliphatic heterocycles. The molecule has 1 atom stereocenters. The van der Waals surface area contributed by atoms with Crippen LogP contribution in [-0.4, -0.2) is 22.3 Å². The molecule has 0 radical (unpaired) electrons. The molecule has 154 valence electrons. The van der Waals surface area contributed by atoms with Gasteiger partial charge in [-0.2, -0.15) is 0 Å². The van der Waals surface area contributed by atoms with Crippen molar-refractivity contribution in [2.45, 2.75) is 32.7 Å². The summed E-state index contributed by atoms with van der Waals surface area (Å²) in [4.78, 5) is 13.1. The normalized spacial score (nSPS) is 16.0. The number of benzene rings is 2. The summed E-state index contributed by atoms with van der Waals surface area (Å²) in [6.07, 6.45) is 4.76. The lowest BCUT2D eigenvalue weighted by molar-refractivity contribution is 0.251. The van der Waals surface area contributed by atoms with Crippen LogP contribution < -0.4 is 4.74 Å². The zero-order valence-corrected chi connectivity index (χ0v) is 17.0. The van der Waals surface area contributed by atoms with Gasteiger partial charge in [-0.05, 0) is 42.0 Å². The second-order valence-electron chi connectivity index (χ2n) is 7.81. The van der Waals surface area contributed by atoms with E-state index in [1.54, 1.807) is 12.4 Å². The highest BCUT2D eigenvalue weighted by molar-refractivity contribution is 6.02. The van der Waals surface area contributed by atoms with Crippen molar-refractivity contribution < 1.29 is 13.5 Å². The molecule has 0 amide bonds. The monoisotopic (exact) mass is 407 g/mol. The maximum atomic E-state index is 14.0. The zero-order valence-electron chi connectivity index (χ0n) is 17.0. The average Bonchev–Trinajstić information content (AvgIpc) is 3.22. The van der Waals surface area contributed by atoms with E-state index in [1.165, 1.54) is 18.2 Å². The second kappa shape index (κ2) is 8.69. The first-order chi connectivity index (χ1) is 14.5. The van der Waals surface area contributed by atoms with Crippen molar-refractivity contribution in [1.29, 1.82) is 0 Å². The molecular weight excluding hydrogens is 384 g/mol. The van der Waals surface area contributed by atoms with E-state index in [0.717, 1.165) is 23.1 Å². The number of rotatable bonds is 6. The van der Waals surface area contributed by atoms with Gasteiger partial charge in [0.1, 0.15) is 11.6 Å². The first-order valence-corrected chi connectivity index (χ1v) is 10.1. The predicted molar refractivity (Wildman–Crippen MR) is 113 cm³/mol. The predicted octanol–water partition coefficient (Wildman–Crippen LogP) is 5.78. The number of ether oxygens (including phenoxy) is 1. The van der Waals surface area contributed by atoms with Gasteiger partial charge < -0.3 is 4.74 Å². The number of halogens is 2. The third-order valence-corrected chi connectivity index (χ3v) is 5.02. The summed E-state index contributed by atoms with van der Waals surface area (Å²) in [5.74, 6) is -0.717. The Kier molecular flexibility index (Phi) is 5.84. The number of hydrogen-bond acceptors (Lipinski definition) is 4. The van der Waals surface area contributed by atoms with Crippen LogP contribution >= 0.6 is 0 Å². The first-order valence-electron chi connectivity index (χ1n) is 10.1. The van der Waals surface area contributed by atoms with E-state index >= 15 is 0 Å². The van der Waals surface area contributed by atoms with Crippen LogP contribution in [0.1, 0.15) is 43.9 Å². The van der Waals surface area contributed by atoms with E-state index in [0.29, 0.717) is 30.7 Å². The maximum Gasteiger partial charge on any atom is 0.316 e. The summed E-state index contributed by atoms with van der Waals surface area (Å²) < 4.78 is 33.6. The lowest BCUT2D eigenvalue weighted by Gasteiger charge is -2.09. The molecule has 0 aliphatic carbocycles. The lowest BCUT2D eigenvalue weighted by Crippen LogP contribution is -2.06. The van der Waals surface area contributed by atoms with Crippen molar-refractivity contribution in [3.05, 3.63) is 77.6 Å². The summed E-state index contributed by atoms with van der Waals surface area (Å²) in [6.45, 7) is 4.72. The van der Waals surface area contributed by atoms with Crippen LogP contribution in [0.2, 0.25) is 0 Å². The van der Waals surface area contributed by atoms with E-state index < -0.39 is 11.6 Å². The van der Waals surface area contributed by atoms with Crippen molar-refractivity contribution in [2.24, 2.45) is 10.9 Å². The lowest BCUT2D eigenvalue weighted by atomic mass is 10.0. The Morgan fingerprint density at radius 1 is 0.967 bits per heavy atom. The van der Waals surface area contributed by atoms with Crippen LogP contribution in [0.15, 0.2) is 59.9 Å². The van der Waals surface area contributed by atoms with Gasteiger partial charge in [-0.25, -0.2) is 18.7 Å². The Balaban J connectivity index is 1.48. The Hall–Kier alpha value is -3.15. The standard InChI is InChI=1S/C24H23F2N3O/c1-15(2)14-30-24-27-12-18(13-28-24)16-6-8-17(9-7-16)21-10-11-22(29-21)23-19(25)4-3-5-20(23)26/h3-9,12-13,15,21H,10-11,14H2,1-2H3. The van der Waals surface area contributed by atoms with Gasteiger partial charge in [-0.15, -0.1) is 0 Å². The minimum atomic E-state index is -0.564. The minimum Gasteiger partial charge on any atom is -0.463 e. The van der Waals surface area contributed by atoms with Crippen molar-refractivity contribution in [2.75, 3.05) is 6.61 Å². The minimum absolute atomic E-state index is 0.00598. The summed E-state index contributed by atoms with van der Waals surface area (Å²) in [5, 5.41) is 0. The molecule has 4 nitrogen and oxygen atoms in total. The van der Waals surface area contributed by atoms with Gasteiger partial charge in [-0.3, -0.25) is 4.99 Å². The van der Waals surface area contributed by atoms with E-state index in [1.807, 2.05) is 24.3 Å². The summed E-state index contributed by atoms with van der Waals surface area (Å²) >= 11 is 0. The molecule has 2 aromatic carbocycles. The third kappa shape index (κ3) is 4.37. The highest BCUT2D eigenvalue weighted by Crippen LogP contribution is 2.33. The molecule has 4 rings (SSSR count). The highest BCUT2D eigenvalue weighted by Gasteiger charge is 2.24. The third-order valence-electron chi connectivity index (χ3n) is 5.02. The van der Waals surface area contributed by atoms with Gasteiger partial charge in [0.15, 0.2) is 0 Å². The van der Waals surface area contributed by atoms with E-state index in [9.17, 15) is 8.78 Å². The summed E-state index contributed by atoms with van der Waals surface area (Å²) in [7, 11) is 0. The molecule has 2 heterocycles. The van der Waals surface area contributed by atoms with E-state index in [4.69, 9.17) is 4.74 Å². The van der Waals surface area contributed by atoms with E-state index in [-0.39, 0.29) is 11.6 Å². The van der Waals surface area contributed by atoms with Gasteiger partial charge >= 0.3 is 6.01 Å². The summed E-state index contributed by atoms with van der Waals surface area (Å²) in [6, 6.07) is 12.1. The van der Waals surface area contributed by atoms with Crippen molar-refractivity contribution in [1.82, 2.24) is 9.97 Å². The van der Waals surface area contributed by atoms with Gasteiger partial charge in [0.05, 0.1) is 18.2 Å². The number of nitrogens with zero attached hydrogens (tertiary/aromatic N) is 3. The Labute approximate surface area is 174 Å². The molecule has 1 unspecified atom stereocenters. The first kappa shape index (κ1) is 20.1.